The zero-order valence-electron chi connectivity index (χ0n) is 8.96. The number of hydrogen-bond acceptors (Lipinski definition) is 2. The van der Waals surface area contributed by atoms with Crippen LogP contribution in [0, 0.1) is 0 Å². The van der Waals surface area contributed by atoms with Gasteiger partial charge in [0.25, 0.3) is 0 Å². The van der Waals surface area contributed by atoms with Gasteiger partial charge >= 0.3 is 12.1 Å². The van der Waals surface area contributed by atoms with E-state index in [9.17, 15) is 18.0 Å². The molecule has 1 aromatic rings. The maximum absolute atomic E-state index is 12.7. The molecule has 0 bridgehead atoms. The highest BCUT2D eigenvalue weighted by Gasteiger charge is 2.40. The summed E-state index contributed by atoms with van der Waals surface area (Å²) in [5, 5.41) is 12.2. The van der Waals surface area contributed by atoms with Crippen molar-refractivity contribution in [3.63, 3.8) is 0 Å². The van der Waals surface area contributed by atoms with Gasteiger partial charge in [-0.25, -0.2) is 4.79 Å². The number of carboxylic acids is 1. The SMILES string of the molecule is CC(C)c1c(C(=O)O)nn(C)c1C(F)(F)F. The molecule has 0 amide bonds. The molecule has 0 saturated heterocycles. The first-order chi connectivity index (χ1) is 7.16. The van der Waals surface area contributed by atoms with Crippen LogP contribution in [-0.4, -0.2) is 20.9 Å². The number of nitrogens with zero attached hydrogens (tertiary/aromatic N) is 2. The highest BCUT2D eigenvalue weighted by Crippen LogP contribution is 2.36. The van der Waals surface area contributed by atoms with Gasteiger partial charge in [0.2, 0.25) is 0 Å². The van der Waals surface area contributed by atoms with Gasteiger partial charge in [-0.2, -0.15) is 18.3 Å². The number of alkyl halides is 3. The summed E-state index contributed by atoms with van der Waals surface area (Å²) < 4.78 is 38.6. The second kappa shape index (κ2) is 3.80. The first kappa shape index (κ1) is 12.5. The molecule has 1 N–H and O–H groups in total. The third-order valence-corrected chi connectivity index (χ3v) is 2.13. The van der Waals surface area contributed by atoms with Gasteiger partial charge in [-0.15, -0.1) is 0 Å². The average Bonchev–Trinajstić information content (AvgIpc) is 2.41. The van der Waals surface area contributed by atoms with Crippen LogP contribution in [0.2, 0.25) is 0 Å². The Bertz CT molecular complexity index is 421. The van der Waals surface area contributed by atoms with E-state index in [4.69, 9.17) is 5.11 Å². The lowest BCUT2D eigenvalue weighted by Crippen LogP contribution is -2.15. The van der Waals surface area contributed by atoms with Crippen LogP contribution >= 0.6 is 0 Å². The van der Waals surface area contributed by atoms with Crippen molar-refractivity contribution in [2.45, 2.75) is 25.9 Å². The molecule has 0 aliphatic heterocycles. The minimum atomic E-state index is -4.60. The molecule has 0 aromatic carbocycles. The average molecular weight is 236 g/mol. The smallest absolute Gasteiger partial charge is 0.433 e. The summed E-state index contributed by atoms with van der Waals surface area (Å²) in [5.74, 6) is -2.01. The Hall–Kier alpha value is -1.53. The van der Waals surface area contributed by atoms with Gasteiger partial charge in [0.05, 0.1) is 0 Å². The molecule has 90 valence electrons. The van der Waals surface area contributed by atoms with Crippen molar-refractivity contribution in [3.8, 4) is 0 Å². The Morgan fingerprint density at radius 1 is 1.44 bits per heavy atom. The van der Waals surface area contributed by atoms with Crippen molar-refractivity contribution in [2.75, 3.05) is 0 Å². The van der Waals surface area contributed by atoms with Crippen LogP contribution < -0.4 is 0 Å². The van der Waals surface area contributed by atoms with Crippen molar-refractivity contribution < 1.29 is 23.1 Å². The van der Waals surface area contributed by atoms with Crippen molar-refractivity contribution in [1.29, 1.82) is 0 Å². The Labute approximate surface area is 89.7 Å². The second-order valence-electron chi connectivity index (χ2n) is 3.69. The zero-order valence-corrected chi connectivity index (χ0v) is 8.96. The maximum atomic E-state index is 12.7. The molecule has 0 spiro atoms. The molecule has 0 radical (unpaired) electrons. The number of aromatic nitrogens is 2. The van der Waals surface area contributed by atoms with Gasteiger partial charge in [0.1, 0.15) is 5.69 Å². The highest BCUT2D eigenvalue weighted by molar-refractivity contribution is 5.87. The Morgan fingerprint density at radius 2 is 1.94 bits per heavy atom. The Kier molecular flexibility index (Phi) is 2.98. The summed E-state index contributed by atoms with van der Waals surface area (Å²) in [7, 11) is 1.08. The summed E-state index contributed by atoms with van der Waals surface area (Å²) in [6.07, 6.45) is -4.60. The van der Waals surface area contributed by atoms with Crippen LogP contribution in [0.1, 0.15) is 41.5 Å². The zero-order chi connectivity index (χ0) is 12.7. The summed E-state index contributed by atoms with van der Waals surface area (Å²) >= 11 is 0. The Balaban J connectivity index is 3.55. The first-order valence-electron chi connectivity index (χ1n) is 4.53. The van der Waals surface area contributed by atoms with Gasteiger partial charge < -0.3 is 5.11 Å². The third kappa shape index (κ3) is 2.02. The summed E-state index contributed by atoms with van der Waals surface area (Å²) in [6, 6.07) is 0. The maximum Gasteiger partial charge on any atom is 0.433 e. The largest absolute Gasteiger partial charge is 0.476 e. The van der Waals surface area contributed by atoms with Gasteiger partial charge in [0, 0.05) is 12.6 Å². The standard InChI is InChI=1S/C9H11F3N2O2/c1-4(2)5-6(8(15)16)13-14(3)7(5)9(10,11)12/h4H,1-3H3,(H,15,16). The number of aryl methyl sites for hydroxylation is 1. The molecule has 1 heterocycles. The van der Waals surface area contributed by atoms with Crippen molar-refractivity contribution in [1.82, 2.24) is 9.78 Å². The summed E-state index contributed by atoms with van der Waals surface area (Å²) in [4.78, 5) is 10.8. The fraction of sp³-hybridized carbons (Fsp3) is 0.556. The fourth-order valence-electron chi connectivity index (χ4n) is 1.58. The second-order valence-corrected chi connectivity index (χ2v) is 3.69. The molecule has 0 aliphatic carbocycles. The molecule has 0 saturated carbocycles. The van der Waals surface area contributed by atoms with E-state index < -0.39 is 29.5 Å². The lowest BCUT2D eigenvalue weighted by atomic mass is 10.00. The highest BCUT2D eigenvalue weighted by atomic mass is 19.4. The molecule has 0 atom stereocenters. The molecular formula is C9H11F3N2O2. The van der Waals surface area contributed by atoms with E-state index in [2.05, 4.69) is 5.10 Å². The van der Waals surface area contributed by atoms with E-state index in [1.807, 2.05) is 0 Å². The molecule has 0 aliphatic rings. The minimum absolute atomic E-state index is 0.275. The van der Waals surface area contributed by atoms with Gasteiger partial charge in [-0.3, -0.25) is 4.68 Å². The molecule has 4 nitrogen and oxygen atoms in total. The van der Waals surface area contributed by atoms with Crippen molar-refractivity contribution in [2.24, 2.45) is 7.05 Å². The lowest BCUT2D eigenvalue weighted by Gasteiger charge is -2.12. The first-order valence-corrected chi connectivity index (χ1v) is 4.53. The predicted molar refractivity (Wildman–Crippen MR) is 49.3 cm³/mol. The number of hydrogen-bond donors (Lipinski definition) is 1. The molecule has 7 heteroatoms. The van der Waals surface area contributed by atoms with Crippen LogP contribution in [0.25, 0.3) is 0 Å². The summed E-state index contributed by atoms with van der Waals surface area (Å²) in [5.41, 5.74) is -1.81. The van der Waals surface area contributed by atoms with Gasteiger partial charge in [-0.1, -0.05) is 13.8 Å². The minimum Gasteiger partial charge on any atom is -0.476 e. The summed E-state index contributed by atoms with van der Waals surface area (Å²) in [6.45, 7) is 3.00. The molecule has 0 unspecified atom stereocenters. The van der Waals surface area contributed by atoms with E-state index in [0.29, 0.717) is 4.68 Å². The normalized spacial score (nSPS) is 12.2. The number of rotatable bonds is 2. The number of carbonyl (C=O) groups is 1. The van der Waals surface area contributed by atoms with Gasteiger partial charge in [0.15, 0.2) is 5.69 Å². The van der Waals surface area contributed by atoms with Crippen molar-refractivity contribution in [3.05, 3.63) is 17.0 Å². The van der Waals surface area contributed by atoms with E-state index in [-0.39, 0.29) is 5.56 Å². The Morgan fingerprint density at radius 3 is 2.25 bits per heavy atom. The molecule has 16 heavy (non-hydrogen) atoms. The molecular weight excluding hydrogens is 225 g/mol. The van der Waals surface area contributed by atoms with Crippen LogP contribution in [0.15, 0.2) is 0 Å². The van der Waals surface area contributed by atoms with Gasteiger partial charge in [-0.05, 0) is 5.92 Å². The lowest BCUT2D eigenvalue weighted by molar-refractivity contribution is -0.144. The quantitative estimate of drug-likeness (QED) is 0.856. The van der Waals surface area contributed by atoms with E-state index >= 15 is 0 Å². The van der Waals surface area contributed by atoms with E-state index in [0.717, 1.165) is 7.05 Å². The number of carboxylic acid groups (broad SMARTS) is 1. The van der Waals surface area contributed by atoms with E-state index in [1.54, 1.807) is 0 Å². The van der Waals surface area contributed by atoms with Crippen LogP contribution in [0.5, 0.6) is 0 Å². The van der Waals surface area contributed by atoms with Crippen LogP contribution in [0.4, 0.5) is 13.2 Å². The topological polar surface area (TPSA) is 55.1 Å². The molecule has 0 fully saturated rings. The van der Waals surface area contributed by atoms with E-state index in [1.165, 1.54) is 13.8 Å². The number of halogens is 3. The monoisotopic (exact) mass is 236 g/mol. The number of aromatic carboxylic acids is 1. The van der Waals surface area contributed by atoms with Crippen LogP contribution in [-0.2, 0) is 13.2 Å². The third-order valence-electron chi connectivity index (χ3n) is 2.13. The fourth-order valence-corrected chi connectivity index (χ4v) is 1.58. The van der Waals surface area contributed by atoms with Crippen molar-refractivity contribution >= 4 is 5.97 Å². The molecule has 1 aromatic heterocycles. The predicted octanol–water partition coefficient (Wildman–Crippen LogP) is 2.26. The molecule has 1 rings (SSSR count). The van der Waals surface area contributed by atoms with Crippen LogP contribution in [0.3, 0.4) is 0 Å².